The third kappa shape index (κ3) is 4.14. The number of hydrogen-bond donors (Lipinski definition) is 1. The van der Waals surface area contributed by atoms with E-state index >= 15 is 0 Å². The summed E-state index contributed by atoms with van der Waals surface area (Å²) in [4.78, 5) is 12.5. The number of ether oxygens (including phenoxy) is 2. The Balaban J connectivity index is 1.35. The summed E-state index contributed by atoms with van der Waals surface area (Å²) in [5.41, 5.74) is 0.499. The van der Waals surface area contributed by atoms with Crippen LogP contribution in [0.25, 0.3) is 0 Å². The second-order valence-electron chi connectivity index (χ2n) is 7.32. The second-order valence-corrected chi connectivity index (χ2v) is 10.6. The molecule has 2 aromatic carbocycles. The summed E-state index contributed by atoms with van der Waals surface area (Å²) in [5.74, 6) is -0.0548. The quantitative estimate of drug-likeness (QED) is 0.555. The first kappa shape index (κ1) is 22.0. The Labute approximate surface area is 197 Å². The topological polar surface area (TPSA) is 111 Å². The van der Waals surface area contributed by atoms with E-state index in [1.807, 2.05) is 0 Å². The number of benzene rings is 2. The van der Waals surface area contributed by atoms with E-state index in [1.165, 1.54) is 10.4 Å². The molecule has 1 saturated heterocycles. The lowest BCUT2D eigenvalue weighted by atomic mass is 10.2. The summed E-state index contributed by atoms with van der Waals surface area (Å²) < 4.78 is 51.7. The first-order valence-electron chi connectivity index (χ1n) is 9.84. The summed E-state index contributed by atoms with van der Waals surface area (Å²) in [6, 6.07) is 7.70. The summed E-state index contributed by atoms with van der Waals surface area (Å²) in [5, 5.41) is 11.0. The number of fused-ring (bicyclic) bond motifs is 1. The Morgan fingerprint density at radius 3 is 2.82 bits per heavy atom. The van der Waals surface area contributed by atoms with Gasteiger partial charge in [-0.1, -0.05) is 22.9 Å². The predicted molar refractivity (Wildman–Crippen MR) is 118 cm³/mol. The zero-order valence-electron chi connectivity index (χ0n) is 16.8. The number of carbonyl (C=O) groups excluding carboxylic acids is 1. The van der Waals surface area contributed by atoms with Gasteiger partial charge in [-0.2, -0.15) is 4.31 Å². The molecule has 1 atom stereocenters. The minimum atomic E-state index is -3.95. The van der Waals surface area contributed by atoms with Crippen molar-refractivity contribution in [3.05, 3.63) is 57.3 Å². The van der Waals surface area contributed by atoms with E-state index < -0.39 is 27.8 Å². The minimum absolute atomic E-state index is 0.0942. The molecule has 13 heteroatoms. The molecule has 3 aromatic rings. The highest BCUT2D eigenvalue weighted by Gasteiger charge is 2.38. The fourth-order valence-electron chi connectivity index (χ4n) is 3.67. The molecule has 0 spiro atoms. The van der Waals surface area contributed by atoms with Gasteiger partial charge in [-0.3, -0.25) is 4.79 Å². The van der Waals surface area contributed by atoms with E-state index in [4.69, 9.17) is 21.1 Å². The van der Waals surface area contributed by atoms with Crippen molar-refractivity contribution < 1.29 is 27.1 Å². The van der Waals surface area contributed by atoms with Crippen LogP contribution < -0.4 is 14.8 Å². The van der Waals surface area contributed by atoms with Crippen LogP contribution in [0, 0.1) is 5.82 Å². The van der Waals surface area contributed by atoms with E-state index in [0.29, 0.717) is 35.0 Å². The lowest BCUT2D eigenvalue weighted by Gasteiger charge is -2.22. The monoisotopic (exact) mass is 510 g/mol. The van der Waals surface area contributed by atoms with E-state index in [-0.39, 0.29) is 28.3 Å². The number of halogens is 2. The molecule has 0 unspecified atom stereocenters. The third-order valence-corrected chi connectivity index (χ3v) is 8.47. The SMILES string of the molecule is O=C(Nc1ccc2c(c1)OCO2)c1nnc([C@@H]2CCCN2S(=O)(=O)c2ccc(F)c(Cl)c2)s1. The number of rotatable bonds is 5. The normalized spacial score (nSPS) is 17.9. The first-order chi connectivity index (χ1) is 15.8. The number of aromatic nitrogens is 2. The van der Waals surface area contributed by atoms with Crippen LogP contribution in [0.4, 0.5) is 10.1 Å². The van der Waals surface area contributed by atoms with Crippen LogP contribution in [0.1, 0.15) is 33.7 Å². The average Bonchev–Trinajstić information content (AvgIpc) is 3.54. The molecule has 1 amide bonds. The lowest BCUT2D eigenvalue weighted by Crippen LogP contribution is -2.30. The average molecular weight is 511 g/mol. The van der Waals surface area contributed by atoms with E-state index in [0.717, 1.165) is 23.5 Å². The maximum atomic E-state index is 13.5. The molecule has 0 radical (unpaired) electrons. The largest absolute Gasteiger partial charge is 0.454 e. The van der Waals surface area contributed by atoms with Crippen molar-refractivity contribution in [3.8, 4) is 11.5 Å². The van der Waals surface area contributed by atoms with Gasteiger partial charge in [0, 0.05) is 18.3 Å². The molecule has 1 aromatic heterocycles. The van der Waals surface area contributed by atoms with Crippen LogP contribution in [0.5, 0.6) is 11.5 Å². The van der Waals surface area contributed by atoms with Gasteiger partial charge in [0.1, 0.15) is 10.8 Å². The second kappa shape index (κ2) is 8.52. The van der Waals surface area contributed by atoms with Crippen LogP contribution in [0.15, 0.2) is 41.3 Å². The van der Waals surface area contributed by atoms with Gasteiger partial charge in [-0.15, -0.1) is 10.2 Å². The Morgan fingerprint density at radius 2 is 2.00 bits per heavy atom. The highest BCUT2D eigenvalue weighted by molar-refractivity contribution is 7.89. The lowest BCUT2D eigenvalue weighted by molar-refractivity contribution is 0.102. The maximum absolute atomic E-state index is 13.5. The van der Waals surface area contributed by atoms with Gasteiger partial charge in [0.05, 0.1) is 16.0 Å². The van der Waals surface area contributed by atoms with Crippen molar-refractivity contribution in [2.45, 2.75) is 23.8 Å². The van der Waals surface area contributed by atoms with E-state index in [2.05, 4.69) is 15.5 Å². The molecule has 33 heavy (non-hydrogen) atoms. The molecule has 172 valence electrons. The molecule has 2 aliphatic heterocycles. The molecule has 0 bridgehead atoms. The van der Waals surface area contributed by atoms with E-state index in [9.17, 15) is 17.6 Å². The number of nitrogens with zero attached hydrogens (tertiary/aromatic N) is 3. The molecule has 3 heterocycles. The number of carbonyl (C=O) groups is 1. The molecule has 0 saturated carbocycles. The molecular formula is C20H16ClFN4O5S2. The Bertz CT molecular complexity index is 1350. The van der Waals surface area contributed by atoms with Gasteiger partial charge in [0.25, 0.3) is 5.91 Å². The number of hydrogen-bond acceptors (Lipinski definition) is 8. The highest BCUT2D eigenvalue weighted by atomic mass is 35.5. The number of amides is 1. The van der Waals surface area contributed by atoms with Gasteiger partial charge in [0.2, 0.25) is 21.8 Å². The van der Waals surface area contributed by atoms with Gasteiger partial charge >= 0.3 is 0 Å². The number of nitrogens with one attached hydrogen (secondary N) is 1. The summed E-state index contributed by atoms with van der Waals surface area (Å²) in [6.45, 7) is 0.387. The number of sulfonamides is 1. The van der Waals surface area contributed by atoms with Gasteiger partial charge in [-0.25, -0.2) is 12.8 Å². The summed E-state index contributed by atoms with van der Waals surface area (Å²) >= 11 is 6.80. The molecule has 5 rings (SSSR count). The molecule has 2 aliphatic rings. The zero-order valence-corrected chi connectivity index (χ0v) is 19.2. The Hall–Kier alpha value is -2.80. The third-order valence-electron chi connectivity index (χ3n) is 5.25. The van der Waals surface area contributed by atoms with Crippen molar-refractivity contribution in [1.29, 1.82) is 0 Å². The van der Waals surface area contributed by atoms with E-state index in [1.54, 1.807) is 18.2 Å². The molecular weight excluding hydrogens is 495 g/mol. The Morgan fingerprint density at radius 1 is 1.18 bits per heavy atom. The maximum Gasteiger partial charge on any atom is 0.286 e. The van der Waals surface area contributed by atoms with Crippen molar-refractivity contribution in [2.24, 2.45) is 0 Å². The van der Waals surface area contributed by atoms with Crippen LogP contribution in [0.2, 0.25) is 5.02 Å². The van der Waals surface area contributed by atoms with Crippen molar-refractivity contribution >= 4 is 44.6 Å². The van der Waals surface area contributed by atoms with Crippen molar-refractivity contribution in [3.63, 3.8) is 0 Å². The predicted octanol–water partition coefficient (Wildman–Crippen LogP) is 3.84. The van der Waals surface area contributed by atoms with Gasteiger partial charge in [-0.05, 0) is 43.2 Å². The van der Waals surface area contributed by atoms with Crippen molar-refractivity contribution in [2.75, 3.05) is 18.7 Å². The van der Waals surface area contributed by atoms with Crippen LogP contribution >= 0.6 is 22.9 Å². The molecule has 0 aliphatic carbocycles. The Kier molecular flexibility index (Phi) is 5.69. The summed E-state index contributed by atoms with van der Waals surface area (Å²) in [7, 11) is -3.95. The van der Waals surface area contributed by atoms with Gasteiger partial charge < -0.3 is 14.8 Å². The van der Waals surface area contributed by atoms with Gasteiger partial charge in [0.15, 0.2) is 11.5 Å². The molecule has 1 fully saturated rings. The van der Waals surface area contributed by atoms with Crippen LogP contribution in [-0.4, -0.2) is 42.2 Å². The minimum Gasteiger partial charge on any atom is -0.454 e. The standard InChI is InChI=1S/C20H16ClFN4O5S2/c21-13-9-12(4-5-14(13)22)33(28,29)26-7-1-2-15(26)19-24-25-20(32-19)18(27)23-11-3-6-16-17(8-11)31-10-30-16/h3-6,8-9,15H,1-2,7,10H2,(H,23,27)/t15-/m0/s1. The molecule has 9 nitrogen and oxygen atoms in total. The smallest absolute Gasteiger partial charge is 0.286 e. The number of anilines is 1. The van der Waals surface area contributed by atoms with Crippen LogP contribution in [-0.2, 0) is 10.0 Å². The highest BCUT2D eigenvalue weighted by Crippen LogP contribution is 2.39. The zero-order chi connectivity index (χ0) is 23.2. The summed E-state index contributed by atoms with van der Waals surface area (Å²) in [6.07, 6.45) is 1.13. The van der Waals surface area contributed by atoms with Crippen molar-refractivity contribution in [1.82, 2.24) is 14.5 Å². The van der Waals surface area contributed by atoms with Crippen LogP contribution in [0.3, 0.4) is 0 Å². The first-order valence-corrected chi connectivity index (χ1v) is 12.5. The fraction of sp³-hybridized carbons (Fsp3) is 0.250. The molecule has 1 N–H and O–H groups in total. The fourth-order valence-corrected chi connectivity index (χ4v) is 6.55.